The SMILES string of the molecule is O=c1c2ccccc2oc2cccc(-c3ccc(-n4c5ccccc5c5nc6c(cc54)oc4ccccc46)cc3)c12. The Labute approximate surface area is 232 Å². The highest BCUT2D eigenvalue weighted by molar-refractivity contribution is 6.13. The van der Waals surface area contributed by atoms with Crippen LogP contribution in [0.25, 0.3) is 82.8 Å². The van der Waals surface area contributed by atoms with E-state index in [1.807, 2.05) is 72.8 Å². The molecule has 5 nitrogen and oxygen atoms in total. The van der Waals surface area contributed by atoms with E-state index in [0.29, 0.717) is 21.9 Å². The molecule has 0 aliphatic carbocycles. The second-order valence-corrected chi connectivity index (χ2v) is 10.3. The normalized spacial score (nSPS) is 12.0. The van der Waals surface area contributed by atoms with Crippen LogP contribution in [0, 0.1) is 0 Å². The van der Waals surface area contributed by atoms with Gasteiger partial charge in [-0.05, 0) is 59.7 Å². The fourth-order valence-corrected chi connectivity index (χ4v) is 6.15. The van der Waals surface area contributed by atoms with E-state index in [2.05, 4.69) is 53.1 Å². The summed E-state index contributed by atoms with van der Waals surface area (Å²) in [5.41, 5.74) is 9.37. The molecule has 0 unspecified atom stereocenters. The van der Waals surface area contributed by atoms with Crippen LogP contribution in [0.3, 0.4) is 0 Å². The van der Waals surface area contributed by atoms with E-state index in [1.54, 1.807) is 0 Å². The second-order valence-electron chi connectivity index (χ2n) is 10.3. The van der Waals surface area contributed by atoms with Crippen LogP contribution in [-0.2, 0) is 0 Å². The molecule has 192 valence electrons. The lowest BCUT2D eigenvalue weighted by atomic mass is 9.99. The zero-order chi connectivity index (χ0) is 27.1. The number of fused-ring (bicyclic) bond motifs is 8. The predicted octanol–water partition coefficient (Wildman–Crippen LogP) is 9.00. The molecule has 4 heterocycles. The smallest absolute Gasteiger partial charge is 0.201 e. The molecule has 9 rings (SSSR count). The monoisotopic (exact) mass is 528 g/mol. The minimum absolute atomic E-state index is 0.0233. The Morgan fingerprint density at radius 2 is 1.20 bits per heavy atom. The fraction of sp³-hybridized carbons (Fsp3) is 0. The molecule has 0 aliphatic rings. The molecule has 0 amide bonds. The summed E-state index contributed by atoms with van der Waals surface area (Å²) in [7, 11) is 0. The standard InChI is InChI=1S/C36H20N2O3/c39-36-26-10-3-6-14-30(26)40-31-15-7-11-23(33(31)36)21-16-18-22(19-17-21)38-27-12-4-1-8-24(27)34-28(38)20-32-35(37-34)25-9-2-5-13-29(25)41-32/h1-20H. The summed E-state index contributed by atoms with van der Waals surface area (Å²) in [5.74, 6) is 0. The van der Waals surface area contributed by atoms with E-state index in [-0.39, 0.29) is 5.43 Å². The Balaban J connectivity index is 1.26. The van der Waals surface area contributed by atoms with Crippen LogP contribution >= 0.6 is 0 Å². The number of hydrogen-bond acceptors (Lipinski definition) is 4. The van der Waals surface area contributed by atoms with Crippen molar-refractivity contribution in [1.29, 1.82) is 0 Å². The third-order valence-corrected chi connectivity index (χ3v) is 8.01. The van der Waals surface area contributed by atoms with Crippen molar-refractivity contribution in [3.05, 3.63) is 132 Å². The van der Waals surface area contributed by atoms with Crippen molar-refractivity contribution >= 4 is 65.9 Å². The van der Waals surface area contributed by atoms with Crippen molar-refractivity contribution < 1.29 is 8.83 Å². The molecule has 5 heteroatoms. The van der Waals surface area contributed by atoms with Crippen LogP contribution in [0.5, 0.6) is 0 Å². The molecule has 0 saturated heterocycles. The second kappa shape index (κ2) is 8.16. The van der Waals surface area contributed by atoms with Gasteiger partial charge in [0, 0.05) is 22.5 Å². The van der Waals surface area contributed by atoms with Gasteiger partial charge < -0.3 is 13.4 Å². The number of benzene rings is 5. The molecule has 0 saturated carbocycles. The predicted molar refractivity (Wildman–Crippen MR) is 165 cm³/mol. The van der Waals surface area contributed by atoms with Gasteiger partial charge in [-0.15, -0.1) is 0 Å². The first-order valence-corrected chi connectivity index (χ1v) is 13.5. The molecule has 0 aliphatic heterocycles. The minimum atomic E-state index is -0.0233. The molecular formula is C36H20N2O3. The summed E-state index contributed by atoms with van der Waals surface area (Å²) < 4.78 is 14.5. The molecule has 0 N–H and O–H groups in total. The maximum Gasteiger partial charge on any atom is 0.201 e. The van der Waals surface area contributed by atoms with Gasteiger partial charge in [0.25, 0.3) is 0 Å². The zero-order valence-electron chi connectivity index (χ0n) is 21.7. The van der Waals surface area contributed by atoms with Crippen LogP contribution < -0.4 is 5.43 Å². The Kier molecular flexibility index (Phi) is 4.41. The van der Waals surface area contributed by atoms with Crippen molar-refractivity contribution in [1.82, 2.24) is 9.55 Å². The first-order chi connectivity index (χ1) is 20.2. The van der Waals surface area contributed by atoms with Gasteiger partial charge in [-0.3, -0.25) is 4.79 Å². The van der Waals surface area contributed by atoms with E-state index in [9.17, 15) is 4.79 Å². The van der Waals surface area contributed by atoms with Gasteiger partial charge in [0.05, 0.1) is 27.3 Å². The summed E-state index contributed by atoms with van der Waals surface area (Å²) in [6.45, 7) is 0. The van der Waals surface area contributed by atoms with Gasteiger partial charge in [0.1, 0.15) is 22.3 Å². The van der Waals surface area contributed by atoms with Crippen LogP contribution in [0.1, 0.15) is 0 Å². The van der Waals surface area contributed by atoms with Crippen LogP contribution in [0.15, 0.2) is 135 Å². The number of rotatable bonds is 2. The van der Waals surface area contributed by atoms with Crippen LogP contribution in [-0.4, -0.2) is 9.55 Å². The van der Waals surface area contributed by atoms with Gasteiger partial charge in [0.2, 0.25) is 5.43 Å². The summed E-state index contributed by atoms with van der Waals surface area (Å²) >= 11 is 0. The number of hydrogen-bond donors (Lipinski definition) is 0. The van der Waals surface area contributed by atoms with Crippen molar-refractivity contribution in [3.8, 4) is 16.8 Å². The number of pyridine rings is 1. The fourth-order valence-electron chi connectivity index (χ4n) is 6.15. The van der Waals surface area contributed by atoms with Crippen molar-refractivity contribution in [2.45, 2.75) is 0 Å². The largest absolute Gasteiger partial charge is 0.456 e. The third kappa shape index (κ3) is 3.11. The first kappa shape index (κ1) is 22.2. The lowest BCUT2D eigenvalue weighted by molar-refractivity contribution is 0.660. The average Bonchev–Trinajstić information content (AvgIpc) is 3.55. The van der Waals surface area contributed by atoms with E-state index in [0.717, 1.165) is 60.8 Å². The summed E-state index contributed by atoms with van der Waals surface area (Å²) in [6.07, 6.45) is 0. The lowest BCUT2D eigenvalue weighted by Gasteiger charge is -2.11. The highest BCUT2D eigenvalue weighted by Crippen LogP contribution is 2.37. The molecule has 5 aromatic carbocycles. The maximum atomic E-state index is 13.5. The van der Waals surface area contributed by atoms with Gasteiger partial charge in [-0.25, -0.2) is 4.98 Å². The quantitative estimate of drug-likeness (QED) is 0.210. The van der Waals surface area contributed by atoms with E-state index < -0.39 is 0 Å². The van der Waals surface area contributed by atoms with Gasteiger partial charge in [0.15, 0.2) is 5.58 Å². The Bertz CT molecular complexity index is 2550. The minimum Gasteiger partial charge on any atom is -0.456 e. The summed E-state index contributed by atoms with van der Waals surface area (Å²) in [4.78, 5) is 18.6. The average molecular weight is 529 g/mol. The number of furan rings is 1. The third-order valence-electron chi connectivity index (χ3n) is 8.01. The Morgan fingerprint density at radius 3 is 2.02 bits per heavy atom. The molecule has 41 heavy (non-hydrogen) atoms. The molecule has 0 atom stereocenters. The van der Waals surface area contributed by atoms with Crippen LogP contribution in [0.2, 0.25) is 0 Å². The molecule has 0 fully saturated rings. The summed E-state index contributed by atoms with van der Waals surface area (Å²) in [6, 6.07) is 39.9. The molecule has 4 aromatic heterocycles. The molecular weight excluding hydrogens is 508 g/mol. The van der Waals surface area contributed by atoms with Gasteiger partial charge in [-0.2, -0.15) is 0 Å². The topological polar surface area (TPSA) is 61.2 Å². The van der Waals surface area contributed by atoms with Crippen molar-refractivity contribution in [2.24, 2.45) is 0 Å². The highest BCUT2D eigenvalue weighted by Gasteiger charge is 2.18. The van der Waals surface area contributed by atoms with Gasteiger partial charge >= 0.3 is 0 Å². The first-order valence-electron chi connectivity index (χ1n) is 13.5. The molecule has 9 aromatic rings. The Hall–Kier alpha value is -5.68. The van der Waals surface area contributed by atoms with E-state index >= 15 is 0 Å². The highest BCUT2D eigenvalue weighted by atomic mass is 16.3. The maximum absolute atomic E-state index is 13.5. The molecule has 0 spiro atoms. The number of aromatic nitrogens is 2. The zero-order valence-corrected chi connectivity index (χ0v) is 21.7. The van der Waals surface area contributed by atoms with E-state index in [4.69, 9.17) is 13.8 Å². The Morgan fingerprint density at radius 1 is 0.537 bits per heavy atom. The number of para-hydroxylation sites is 3. The van der Waals surface area contributed by atoms with E-state index in [1.165, 1.54) is 0 Å². The van der Waals surface area contributed by atoms with Crippen LogP contribution in [0.4, 0.5) is 0 Å². The van der Waals surface area contributed by atoms with Gasteiger partial charge in [-0.1, -0.05) is 66.7 Å². The lowest BCUT2D eigenvalue weighted by Crippen LogP contribution is -2.03. The van der Waals surface area contributed by atoms with Crippen molar-refractivity contribution in [3.63, 3.8) is 0 Å². The molecule has 0 bridgehead atoms. The molecule has 0 radical (unpaired) electrons. The number of nitrogens with zero attached hydrogens (tertiary/aromatic N) is 2. The summed E-state index contributed by atoms with van der Waals surface area (Å²) in [5, 5.41) is 3.27. The van der Waals surface area contributed by atoms with Crippen molar-refractivity contribution in [2.75, 3.05) is 0 Å².